The van der Waals surface area contributed by atoms with Crippen LogP contribution < -0.4 is 5.32 Å². The van der Waals surface area contributed by atoms with Crippen molar-refractivity contribution in [3.05, 3.63) is 0 Å². The first-order valence-corrected chi connectivity index (χ1v) is 7.52. The van der Waals surface area contributed by atoms with Crippen molar-refractivity contribution in [3.8, 4) is 0 Å². The Balaban J connectivity index is 2.41. The molecule has 1 heterocycles. The number of hydrogen-bond acceptors (Lipinski definition) is 3. The number of nitrogens with one attached hydrogen (secondary N) is 1. The van der Waals surface area contributed by atoms with Crippen molar-refractivity contribution in [2.45, 2.75) is 46.5 Å². The van der Waals surface area contributed by atoms with Crippen LogP contribution in [0.1, 0.15) is 46.5 Å². The molecule has 0 saturated carbocycles. The van der Waals surface area contributed by atoms with Gasteiger partial charge in [0.1, 0.15) is 5.92 Å². The van der Waals surface area contributed by atoms with Crippen LogP contribution in [0, 0.1) is 11.3 Å². The SMILES string of the molecule is CC(C)(C)C(C(=O)O)C(=O)NCCC(=O)N1CCCCC1. The van der Waals surface area contributed by atoms with Crippen LogP contribution in [0.3, 0.4) is 0 Å². The van der Waals surface area contributed by atoms with Crippen molar-refractivity contribution >= 4 is 17.8 Å². The van der Waals surface area contributed by atoms with E-state index in [-0.39, 0.29) is 18.9 Å². The van der Waals surface area contributed by atoms with Gasteiger partial charge < -0.3 is 15.3 Å². The highest BCUT2D eigenvalue weighted by atomic mass is 16.4. The molecule has 120 valence electrons. The molecular formula is C15H26N2O4. The van der Waals surface area contributed by atoms with Crippen LogP contribution in [0.4, 0.5) is 0 Å². The minimum absolute atomic E-state index is 0.0256. The van der Waals surface area contributed by atoms with E-state index in [0.717, 1.165) is 32.4 Å². The van der Waals surface area contributed by atoms with Gasteiger partial charge >= 0.3 is 5.97 Å². The van der Waals surface area contributed by atoms with Gasteiger partial charge in [-0.3, -0.25) is 14.4 Å². The maximum atomic E-state index is 12.0. The molecule has 0 spiro atoms. The third-order valence-electron chi connectivity index (χ3n) is 3.72. The Bertz CT molecular complexity index is 395. The van der Waals surface area contributed by atoms with E-state index in [0.29, 0.717) is 0 Å². The largest absolute Gasteiger partial charge is 0.481 e. The molecule has 0 radical (unpaired) electrons. The monoisotopic (exact) mass is 298 g/mol. The summed E-state index contributed by atoms with van der Waals surface area (Å²) in [6.45, 7) is 6.89. The highest BCUT2D eigenvalue weighted by molar-refractivity contribution is 5.97. The normalized spacial score (nSPS) is 17.2. The van der Waals surface area contributed by atoms with E-state index >= 15 is 0 Å². The molecule has 2 amide bonds. The number of aliphatic carboxylic acids is 1. The quantitative estimate of drug-likeness (QED) is 0.748. The number of hydrogen-bond donors (Lipinski definition) is 2. The number of piperidine rings is 1. The number of carboxylic acids is 1. The first-order chi connectivity index (χ1) is 9.73. The molecule has 0 aromatic carbocycles. The van der Waals surface area contributed by atoms with Gasteiger partial charge in [-0.05, 0) is 24.7 Å². The minimum atomic E-state index is -1.14. The van der Waals surface area contributed by atoms with Crippen molar-refractivity contribution in [1.82, 2.24) is 10.2 Å². The van der Waals surface area contributed by atoms with E-state index in [1.807, 2.05) is 4.90 Å². The summed E-state index contributed by atoms with van der Waals surface area (Å²) < 4.78 is 0. The first-order valence-electron chi connectivity index (χ1n) is 7.52. The summed E-state index contributed by atoms with van der Waals surface area (Å²) in [4.78, 5) is 36.9. The number of nitrogens with zero attached hydrogens (tertiary/aromatic N) is 1. The van der Waals surface area contributed by atoms with Gasteiger partial charge in [-0.15, -0.1) is 0 Å². The molecular weight excluding hydrogens is 272 g/mol. The molecule has 1 aliphatic heterocycles. The fourth-order valence-corrected chi connectivity index (χ4v) is 2.57. The average Bonchev–Trinajstić information content (AvgIpc) is 2.37. The second-order valence-corrected chi connectivity index (χ2v) is 6.62. The maximum absolute atomic E-state index is 12.0. The number of amides is 2. The zero-order valence-electron chi connectivity index (χ0n) is 13.1. The van der Waals surface area contributed by atoms with E-state index < -0.39 is 23.2 Å². The van der Waals surface area contributed by atoms with Crippen LogP contribution >= 0.6 is 0 Å². The van der Waals surface area contributed by atoms with Crippen molar-refractivity contribution < 1.29 is 19.5 Å². The number of rotatable bonds is 5. The van der Waals surface area contributed by atoms with Crippen LogP contribution in [0.5, 0.6) is 0 Å². The van der Waals surface area contributed by atoms with Crippen molar-refractivity contribution in [2.75, 3.05) is 19.6 Å². The Kier molecular flexibility index (Phi) is 6.18. The third-order valence-corrected chi connectivity index (χ3v) is 3.72. The van der Waals surface area contributed by atoms with Gasteiger partial charge in [-0.25, -0.2) is 0 Å². The van der Waals surface area contributed by atoms with E-state index in [2.05, 4.69) is 5.32 Å². The van der Waals surface area contributed by atoms with Gasteiger partial charge in [0.25, 0.3) is 0 Å². The van der Waals surface area contributed by atoms with Crippen LogP contribution in [-0.4, -0.2) is 47.4 Å². The lowest BCUT2D eigenvalue weighted by atomic mass is 9.80. The summed E-state index contributed by atoms with van der Waals surface area (Å²) in [6.07, 6.45) is 3.45. The lowest BCUT2D eigenvalue weighted by Gasteiger charge is -2.27. The molecule has 1 atom stereocenters. The second-order valence-electron chi connectivity index (χ2n) is 6.62. The summed E-state index contributed by atoms with van der Waals surface area (Å²) in [7, 11) is 0. The molecule has 1 unspecified atom stereocenters. The van der Waals surface area contributed by atoms with Crippen LogP contribution in [0.15, 0.2) is 0 Å². The molecule has 0 aliphatic carbocycles. The van der Waals surface area contributed by atoms with Crippen LogP contribution in [0.25, 0.3) is 0 Å². The Morgan fingerprint density at radius 2 is 1.71 bits per heavy atom. The van der Waals surface area contributed by atoms with Gasteiger partial charge in [0.05, 0.1) is 0 Å². The van der Waals surface area contributed by atoms with E-state index in [4.69, 9.17) is 5.11 Å². The number of carboxylic acid groups (broad SMARTS) is 1. The Labute approximate surface area is 125 Å². The highest BCUT2D eigenvalue weighted by Gasteiger charge is 2.37. The van der Waals surface area contributed by atoms with Crippen LogP contribution in [0.2, 0.25) is 0 Å². The summed E-state index contributed by atoms with van der Waals surface area (Å²) in [5.74, 6) is -2.75. The molecule has 6 nitrogen and oxygen atoms in total. The second kappa shape index (κ2) is 7.43. The number of carbonyl (C=O) groups excluding carboxylic acids is 2. The third kappa shape index (κ3) is 5.36. The van der Waals surface area contributed by atoms with Gasteiger partial charge in [0, 0.05) is 26.1 Å². The summed E-state index contributed by atoms with van der Waals surface area (Å²) in [5.41, 5.74) is -0.660. The predicted molar refractivity (Wildman–Crippen MR) is 78.6 cm³/mol. The molecule has 1 aliphatic rings. The number of carbonyl (C=O) groups is 3. The lowest BCUT2D eigenvalue weighted by Crippen LogP contribution is -2.44. The standard InChI is InChI=1S/C15H26N2O4/c1-15(2,3)12(14(20)21)13(19)16-8-7-11(18)17-9-5-4-6-10-17/h12H,4-10H2,1-3H3,(H,16,19)(H,20,21). The Hall–Kier alpha value is -1.59. The van der Waals surface area contributed by atoms with Gasteiger partial charge in [-0.1, -0.05) is 20.8 Å². The molecule has 6 heteroatoms. The Morgan fingerprint density at radius 3 is 2.19 bits per heavy atom. The topological polar surface area (TPSA) is 86.7 Å². The van der Waals surface area contributed by atoms with E-state index in [9.17, 15) is 14.4 Å². The molecule has 2 N–H and O–H groups in total. The molecule has 21 heavy (non-hydrogen) atoms. The highest BCUT2D eigenvalue weighted by Crippen LogP contribution is 2.26. The average molecular weight is 298 g/mol. The first kappa shape index (κ1) is 17.5. The fraction of sp³-hybridized carbons (Fsp3) is 0.800. The zero-order valence-corrected chi connectivity index (χ0v) is 13.1. The minimum Gasteiger partial charge on any atom is -0.481 e. The van der Waals surface area contributed by atoms with Crippen molar-refractivity contribution in [2.24, 2.45) is 11.3 Å². The summed E-state index contributed by atoms with van der Waals surface area (Å²) in [6, 6.07) is 0. The van der Waals surface area contributed by atoms with E-state index in [1.54, 1.807) is 20.8 Å². The molecule has 1 saturated heterocycles. The molecule has 1 fully saturated rings. The zero-order chi connectivity index (χ0) is 16.0. The predicted octanol–water partition coefficient (Wildman–Crippen LogP) is 1.25. The Morgan fingerprint density at radius 1 is 1.14 bits per heavy atom. The molecule has 0 aromatic rings. The van der Waals surface area contributed by atoms with Gasteiger partial charge in [0.2, 0.25) is 11.8 Å². The maximum Gasteiger partial charge on any atom is 0.316 e. The van der Waals surface area contributed by atoms with Gasteiger partial charge in [0.15, 0.2) is 0 Å². The molecule has 1 rings (SSSR count). The fourth-order valence-electron chi connectivity index (χ4n) is 2.57. The van der Waals surface area contributed by atoms with Crippen LogP contribution in [-0.2, 0) is 14.4 Å². The van der Waals surface area contributed by atoms with Gasteiger partial charge in [-0.2, -0.15) is 0 Å². The smallest absolute Gasteiger partial charge is 0.316 e. The molecule has 0 aromatic heterocycles. The molecule has 0 bridgehead atoms. The number of likely N-dealkylation sites (tertiary alicyclic amines) is 1. The lowest BCUT2D eigenvalue weighted by molar-refractivity contribution is -0.151. The summed E-state index contributed by atoms with van der Waals surface area (Å²) >= 11 is 0. The summed E-state index contributed by atoms with van der Waals surface area (Å²) in [5, 5.41) is 11.7. The van der Waals surface area contributed by atoms with Crippen molar-refractivity contribution in [3.63, 3.8) is 0 Å². The van der Waals surface area contributed by atoms with E-state index in [1.165, 1.54) is 0 Å². The van der Waals surface area contributed by atoms with Crippen molar-refractivity contribution in [1.29, 1.82) is 0 Å².